The summed E-state index contributed by atoms with van der Waals surface area (Å²) in [7, 11) is 0. The summed E-state index contributed by atoms with van der Waals surface area (Å²) in [6.07, 6.45) is 0.0149. The highest BCUT2D eigenvalue weighted by Gasteiger charge is 2.13. The van der Waals surface area contributed by atoms with Gasteiger partial charge in [0, 0.05) is 13.1 Å². The maximum absolute atomic E-state index is 13.6. The molecular weight excluding hydrogens is 221 g/mol. The van der Waals surface area contributed by atoms with Crippen LogP contribution in [0.5, 0.6) is 0 Å². The van der Waals surface area contributed by atoms with Gasteiger partial charge in [-0.15, -0.1) is 0 Å². The molecule has 0 fully saturated rings. The van der Waals surface area contributed by atoms with Crippen molar-refractivity contribution in [2.45, 2.75) is 20.3 Å². The Morgan fingerprint density at radius 1 is 1.41 bits per heavy atom. The molecule has 1 aromatic carbocycles. The minimum atomic E-state index is -0.866. The van der Waals surface area contributed by atoms with Crippen molar-refractivity contribution in [1.82, 2.24) is 0 Å². The monoisotopic (exact) mass is 239 g/mol. The van der Waals surface area contributed by atoms with E-state index in [0.717, 1.165) is 0 Å². The number of para-hydroxylation sites is 1. The van der Waals surface area contributed by atoms with Gasteiger partial charge in [0.15, 0.2) is 0 Å². The minimum Gasteiger partial charge on any atom is -0.481 e. The zero-order valence-electron chi connectivity index (χ0n) is 10.2. The van der Waals surface area contributed by atoms with E-state index >= 15 is 0 Å². The number of benzene rings is 1. The lowest BCUT2D eigenvalue weighted by Crippen LogP contribution is -2.30. The number of aliphatic carboxylic acids is 1. The fraction of sp³-hybridized carbons (Fsp3) is 0.462. The summed E-state index contributed by atoms with van der Waals surface area (Å²) in [6, 6.07) is 6.46. The highest BCUT2D eigenvalue weighted by molar-refractivity contribution is 5.67. The fourth-order valence-corrected chi connectivity index (χ4v) is 1.69. The molecule has 3 nitrogen and oxygen atoms in total. The maximum atomic E-state index is 13.6. The van der Waals surface area contributed by atoms with Crippen LogP contribution in [0.25, 0.3) is 0 Å². The molecule has 0 aliphatic heterocycles. The standard InChI is InChI=1S/C13H18FNO2/c1-10(2)9-15(8-7-13(16)17)12-6-4-3-5-11(12)14/h3-6,10H,7-9H2,1-2H3,(H,16,17). The van der Waals surface area contributed by atoms with Gasteiger partial charge in [0.25, 0.3) is 0 Å². The number of carboxylic acid groups (broad SMARTS) is 1. The molecule has 0 atom stereocenters. The predicted molar refractivity (Wildman–Crippen MR) is 65.7 cm³/mol. The molecule has 0 saturated carbocycles. The first kappa shape index (κ1) is 13.5. The number of halogens is 1. The van der Waals surface area contributed by atoms with E-state index in [1.54, 1.807) is 23.1 Å². The molecule has 0 amide bonds. The fourth-order valence-electron chi connectivity index (χ4n) is 1.69. The van der Waals surface area contributed by atoms with E-state index < -0.39 is 5.97 Å². The third-order valence-electron chi connectivity index (χ3n) is 2.37. The zero-order valence-corrected chi connectivity index (χ0v) is 10.2. The van der Waals surface area contributed by atoms with Crippen LogP contribution in [0.3, 0.4) is 0 Å². The van der Waals surface area contributed by atoms with E-state index in [4.69, 9.17) is 5.11 Å². The van der Waals surface area contributed by atoms with Crippen LogP contribution >= 0.6 is 0 Å². The van der Waals surface area contributed by atoms with E-state index in [9.17, 15) is 9.18 Å². The number of hydrogen-bond donors (Lipinski definition) is 1. The normalized spacial score (nSPS) is 10.6. The minimum absolute atomic E-state index is 0.0149. The Balaban J connectivity index is 2.82. The van der Waals surface area contributed by atoms with Gasteiger partial charge in [-0.25, -0.2) is 4.39 Å². The SMILES string of the molecule is CC(C)CN(CCC(=O)O)c1ccccc1F. The summed E-state index contributed by atoms with van der Waals surface area (Å²) in [6.45, 7) is 5.02. The van der Waals surface area contributed by atoms with E-state index in [-0.39, 0.29) is 12.2 Å². The number of nitrogens with zero attached hydrogens (tertiary/aromatic N) is 1. The van der Waals surface area contributed by atoms with Gasteiger partial charge in [-0.2, -0.15) is 0 Å². The first-order chi connectivity index (χ1) is 8.00. The molecule has 0 spiro atoms. The lowest BCUT2D eigenvalue weighted by Gasteiger charge is -2.26. The second-order valence-electron chi connectivity index (χ2n) is 4.44. The van der Waals surface area contributed by atoms with Crippen molar-refractivity contribution in [2.24, 2.45) is 5.92 Å². The van der Waals surface area contributed by atoms with Gasteiger partial charge in [-0.05, 0) is 18.1 Å². The topological polar surface area (TPSA) is 40.5 Å². The Bertz CT molecular complexity index is 379. The third-order valence-corrected chi connectivity index (χ3v) is 2.37. The van der Waals surface area contributed by atoms with Gasteiger partial charge in [0.05, 0.1) is 12.1 Å². The largest absolute Gasteiger partial charge is 0.481 e. The van der Waals surface area contributed by atoms with Crippen molar-refractivity contribution in [3.63, 3.8) is 0 Å². The third kappa shape index (κ3) is 4.43. The smallest absolute Gasteiger partial charge is 0.305 e. The second kappa shape index (κ2) is 6.23. The molecule has 0 unspecified atom stereocenters. The van der Waals surface area contributed by atoms with Crippen LogP contribution in [0.1, 0.15) is 20.3 Å². The van der Waals surface area contributed by atoms with Gasteiger partial charge in [-0.3, -0.25) is 4.79 Å². The Morgan fingerprint density at radius 3 is 2.59 bits per heavy atom. The van der Waals surface area contributed by atoms with Crippen molar-refractivity contribution in [2.75, 3.05) is 18.0 Å². The summed E-state index contributed by atoms with van der Waals surface area (Å²) >= 11 is 0. The van der Waals surface area contributed by atoms with E-state index in [2.05, 4.69) is 0 Å². The van der Waals surface area contributed by atoms with Gasteiger partial charge in [0.2, 0.25) is 0 Å². The molecule has 0 heterocycles. The van der Waals surface area contributed by atoms with Crippen LogP contribution in [0.15, 0.2) is 24.3 Å². The highest BCUT2D eigenvalue weighted by atomic mass is 19.1. The van der Waals surface area contributed by atoms with Crippen LogP contribution in [-0.4, -0.2) is 24.2 Å². The molecule has 4 heteroatoms. The van der Waals surface area contributed by atoms with Crippen molar-refractivity contribution < 1.29 is 14.3 Å². The highest BCUT2D eigenvalue weighted by Crippen LogP contribution is 2.20. The van der Waals surface area contributed by atoms with Crippen molar-refractivity contribution in [3.05, 3.63) is 30.1 Å². The van der Waals surface area contributed by atoms with Crippen LogP contribution in [0.2, 0.25) is 0 Å². The predicted octanol–water partition coefficient (Wildman–Crippen LogP) is 2.76. The summed E-state index contributed by atoms with van der Waals surface area (Å²) in [5.41, 5.74) is 0.474. The van der Waals surface area contributed by atoms with Gasteiger partial charge in [0.1, 0.15) is 5.82 Å². The summed E-state index contributed by atoms with van der Waals surface area (Å²) in [4.78, 5) is 12.4. The molecule has 17 heavy (non-hydrogen) atoms. The van der Waals surface area contributed by atoms with Crippen LogP contribution in [0.4, 0.5) is 10.1 Å². The molecule has 0 aliphatic carbocycles. The van der Waals surface area contributed by atoms with Crippen molar-refractivity contribution >= 4 is 11.7 Å². The number of rotatable bonds is 6. The Hall–Kier alpha value is -1.58. The number of hydrogen-bond acceptors (Lipinski definition) is 2. The molecule has 0 radical (unpaired) electrons. The molecule has 1 N–H and O–H groups in total. The summed E-state index contributed by atoms with van der Waals surface area (Å²) in [5, 5.41) is 8.69. The quantitative estimate of drug-likeness (QED) is 0.829. The van der Waals surface area contributed by atoms with Crippen LogP contribution in [0, 0.1) is 11.7 Å². The number of carboxylic acids is 1. The second-order valence-corrected chi connectivity index (χ2v) is 4.44. The first-order valence-electron chi connectivity index (χ1n) is 5.72. The van der Waals surface area contributed by atoms with E-state index in [1.807, 2.05) is 13.8 Å². The van der Waals surface area contributed by atoms with Crippen molar-refractivity contribution in [1.29, 1.82) is 0 Å². The molecule has 0 aliphatic rings. The van der Waals surface area contributed by atoms with Crippen LogP contribution in [-0.2, 0) is 4.79 Å². The molecule has 1 rings (SSSR count). The number of anilines is 1. The lowest BCUT2D eigenvalue weighted by atomic mass is 10.1. The van der Waals surface area contributed by atoms with E-state index in [1.165, 1.54) is 6.07 Å². The summed E-state index contributed by atoms with van der Waals surface area (Å²) < 4.78 is 13.6. The molecule has 0 saturated heterocycles. The van der Waals surface area contributed by atoms with Gasteiger partial charge >= 0.3 is 5.97 Å². The zero-order chi connectivity index (χ0) is 12.8. The molecule has 0 aromatic heterocycles. The van der Waals surface area contributed by atoms with Crippen LogP contribution < -0.4 is 4.90 Å². The van der Waals surface area contributed by atoms with Gasteiger partial charge < -0.3 is 10.0 Å². The Morgan fingerprint density at radius 2 is 2.06 bits per heavy atom. The Kier molecular flexibility index (Phi) is 4.94. The maximum Gasteiger partial charge on any atom is 0.305 e. The van der Waals surface area contributed by atoms with Gasteiger partial charge in [-0.1, -0.05) is 26.0 Å². The van der Waals surface area contributed by atoms with Crippen molar-refractivity contribution in [3.8, 4) is 0 Å². The van der Waals surface area contributed by atoms with E-state index in [0.29, 0.717) is 24.7 Å². The molecule has 94 valence electrons. The average Bonchev–Trinajstić information content (AvgIpc) is 2.24. The first-order valence-corrected chi connectivity index (χ1v) is 5.72. The Labute approximate surface area is 101 Å². The molecule has 1 aromatic rings. The number of carbonyl (C=O) groups is 1. The average molecular weight is 239 g/mol. The molecule has 0 bridgehead atoms. The summed E-state index contributed by atoms with van der Waals surface area (Å²) in [5.74, 6) is -0.822. The molecular formula is C13H18FNO2. The lowest BCUT2D eigenvalue weighted by molar-refractivity contribution is -0.136.